The van der Waals surface area contributed by atoms with Gasteiger partial charge in [0, 0.05) is 6.42 Å². The van der Waals surface area contributed by atoms with Gasteiger partial charge in [-0.2, -0.15) is 0 Å². The van der Waals surface area contributed by atoms with E-state index in [2.05, 4.69) is 15.6 Å². The molecular weight excluding hydrogens is 294 g/mol. The molecule has 1 aliphatic rings. The van der Waals surface area contributed by atoms with E-state index in [1.165, 1.54) is 17.8 Å². The number of fused-ring (bicyclic) bond motifs is 1. The van der Waals surface area contributed by atoms with Gasteiger partial charge in [-0.05, 0) is 44.0 Å². The third-order valence-corrected chi connectivity index (χ3v) is 4.43. The van der Waals surface area contributed by atoms with Crippen LogP contribution in [0.5, 0.6) is 0 Å². The Hall–Kier alpha value is -1.17. The van der Waals surface area contributed by atoms with Crippen molar-refractivity contribution >= 4 is 45.0 Å². The fraction of sp³-hybridized carbons (Fsp3) is 0.429. The number of para-hydroxylation sites is 1. The van der Waals surface area contributed by atoms with E-state index < -0.39 is 0 Å². The van der Waals surface area contributed by atoms with Gasteiger partial charge in [-0.1, -0.05) is 23.5 Å². The third kappa shape index (κ3) is 3.69. The number of anilines is 1. The number of amides is 1. The number of nitrogens with one attached hydrogen (secondary N) is 2. The van der Waals surface area contributed by atoms with E-state index in [1.807, 2.05) is 24.3 Å². The van der Waals surface area contributed by atoms with Gasteiger partial charge >= 0.3 is 0 Å². The summed E-state index contributed by atoms with van der Waals surface area (Å²) in [6.07, 6.45) is 2.74. The number of aromatic nitrogens is 1. The van der Waals surface area contributed by atoms with E-state index in [1.54, 1.807) is 0 Å². The van der Waals surface area contributed by atoms with Crippen LogP contribution in [0.4, 0.5) is 5.13 Å². The molecule has 0 spiro atoms. The van der Waals surface area contributed by atoms with Crippen LogP contribution in [0.2, 0.25) is 0 Å². The number of hydrogen-bond donors (Lipinski definition) is 2. The number of benzene rings is 1. The minimum Gasteiger partial charge on any atom is -0.316 e. The van der Waals surface area contributed by atoms with E-state index in [4.69, 9.17) is 0 Å². The van der Waals surface area contributed by atoms with Crippen molar-refractivity contribution in [1.29, 1.82) is 0 Å². The molecule has 0 aliphatic carbocycles. The number of thiazole rings is 1. The lowest BCUT2D eigenvalue weighted by atomic mass is 10.0. The first-order chi connectivity index (χ1) is 9.31. The molecule has 1 atom stereocenters. The van der Waals surface area contributed by atoms with Crippen LogP contribution in [0.1, 0.15) is 19.3 Å². The zero-order chi connectivity index (χ0) is 13.1. The van der Waals surface area contributed by atoms with Crippen molar-refractivity contribution in [3.05, 3.63) is 24.3 Å². The zero-order valence-corrected chi connectivity index (χ0v) is 12.7. The second-order valence-corrected chi connectivity index (χ2v) is 5.96. The van der Waals surface area contributed by atoms with Gasteiger partial charge in [-0.25, -0.2) is 4.98 Å². The monoisotopic (exact) mass is 311 g/mol. The molecule has 4 nitrogen and oxygen atoms in total. The fourth-order valence-corrected chi connectivity index (χ4v) is 3.29. The van der Waals surface area contributed by atoms with Crippen LogP contribution in [0.3, 0.4) is 0 Å². The molecule has 1 amide bonds. The van der Waals surface area contributed by atoms with E-state index in [0.717, 1.165) is 29.7 Å². The molecule has 6 heteroatoms. The largest absolute Gasteiger partial charge is 0.316 e. The van der Waals surface area contributed by atoms with Gasteiger partial charge in [-0.3, -0.25) is 4.79 Å². The summed E-state index contributed by atoms with van der Waals surface area (Å²) in [5.74, 6) is 0.729. The Morgan fingerprint density at radius 2 is 2.30 bits per heavy atom. The predicted octanol–water partition coefficient (Wildman–Crippen LogP) is 3.05. The van der Waals surface area contributed by atoms with Crippen LogP contribution in [-0.4, -0.2) is 24.0 Å². The van der Waals surface area contributed by atoms with Crippen LogP contribution in [0, 0.1) is 5.92 Å². The highest BCUT2D eigenvalue weighted by Crippen LogP contribution is 2.25. The zero-order valence-electron chi connectivity index (χ0n) is 11.1. The van der Waals surface area contributed by atoms with Crippen molar-refractivity contribution in [2.75, 3.05) is 18.4 Å². The molecule has 1 fully saturated rings. The average molecular weight is 312 g/mol. The number of nitrogens with zero attached hydrogens (tertiary/aromatic N) is 1. The quantitative estimate of drug-likeness (QED) is 0.912. The molecule has 0 bridgehead atoms. The Balaban J connectivity index is 0.00000147. The normalized spacial score (nSPS) is 17.9. The maximum atomic E-state index is 11.9. The van der Waals surface area contributed by atoms with E-state index >= 15 is 0 Å². The summed E-state index contributed by atoms with van der Waals surface area (Å²) in [4.78, 5) is 16.3. The highest BCUT2D eigenvalue weighted by atomic mass is 35.5. The molecule has 1 aromatic heterocycles. The van der Waals surface area contributed by atoms with Crippen LogP contribution in [-0.2, 0) is 4.79 Å². The predicted molar refractivity (Wildman–Crippen MR) is 85.7 cm³/mol. The molecule has 3 rings (SSSR count). The van der Waals surface area contributed by atoms with Gasteiger partial charge in [0.1, 0.15) is 0 Å². The maximum Gasteiger partial charge on any atom is 0.226 e. The molecule has 0 radical (unpaired) electrons. The van der Waals surface area contributed by atoms with E-state index in [0.29, 0.717) is 17.5 Å². The number of carbonyl (C=O) groups excluding carboxylic acids is 1. The summed E-state index contributed by atoms with van der Waals surface area (Å²) in [5, 5.41) is 6.93. The number of carbonyl (C=O) groups is 1. The summed E-state index contributed by atoms with van der Waals surface area (Å²) in [7, 11) is 0. The van der Waals surface area contributed by atoms with Gasteiger partial charge in [-0.15, -0.1) is 12.4 Å². The van der Waals surface area contributed by atoms with Crippen molar-refractivity contribution in [3.8, 4) is 0 Å². The highest BCUT2D eigenvalue weighted by molar-refractivity contribution is 7.22. The smallest absolute Gasteiger partial charge is 0.226 e. The lowest BCUT2D eigenvalue weighted by Gasteiger charge is -2.06. The molecule has 1 aliphatic heterocycles. The molecule has 108 valence electrons. The molecule has 2 N–H and O–H groups in total. The third-order valence-electron chi connectivity index (χ3n) is 3.48. The van der Waals surface area contributed by atoms with Crippen LogP contribution >= 0.6 is 23.7 Å². The number of hydrogen-bond acceptors (Lipinski definition) is 4. The standard InChI is InChI=1S/C14H17N3OS.ClH/c18-13(6-5-10-7-8-15-9-10)17-14-16-11-3-1-2-4-12(11)19-14;/h1-4,10,15H,5-9H2,(H,16,17,18);1H. The first-order valence-corrected chi connectivity index (χ1v) is 7.49. The molecule has 1 aromatic carbocycles. The van der Waals surface area contributed by atoms with Crippen LogP contribution in [0.25, 0.3) is 10.2 Å². The minimum absolute atomic E-state index is 0. The van der Waals surface area contributed by atoms with Crippen molar-refractivity contribution in [2.24, 2.45) is 5.92 Å². The molecular formula is C14H18ClN3OS. The summed E-state index contributed by atoms with van der Waals surface area (Å²) in [6, 6.07) is 7.93. The van der Waals surface area contributed by atoms with Crippen LogP contribution < -0.4 is 10.6 Å². The maximum absolute atomic E-state index is 11.9. The molecule has 1 unspecified atom stereocenters. The topological polar surface area (TPSA) is 54.0 Å². The Morgan fingerprint density at radius 3 is 3.05 bits per heavy atom. The Labute approximate surface area is 128 Å². The summed E-state index contributed by atoms with van der Waals surface area (Å²) in [6.45, 7) is 2.14. The first-order valence-electron chi connectivity index (χ1n) is 6.67. The van der Waals surface area contributed by atoms with Crippen molar-refractivity contribution in [1.82, 2.24) is 10.3 Å². The van der Waals surface area contributed by atoms with Gasteiger partial charge in [0.2, 0.25) is 5.91 Å². The fourth-order valence-electron chi connectivity index (χ4n) is 2.40. The second kappa shape index (κ2) is 7.02. The van der Waals surface area contributed by atoms with Crippen molar-refractivity contribution in [2.45, 2.75) is 19.3 Å². The van der Waals surface area contributed by atoms with Crippen LogP contribution in [0.15, 0.2) is 24.3 Å². The molecule has 0 saturated carbocycles. The Morgan fingerprint density at radius 1 is 1.45 bits per heavy atom. The minimum atomic E-state index is 0. The van der Waals surface area contributed by atoms with Crippen molar-refractivity contribution in [3.63, 3.8) is 0 Å². The highest BCUT2D eigenvalue weighted by Gasteiger charge is 2.16. The first kappa shape index (κ1) is 15.2. The van der Waals surface area contributed by atoms with Gasteiger partial charge in [0.15, 0.2) is 5.13 Å². The van der Waals surface area contributed by atoms with E-state index in [9.17, 15) is 4.79 Å². The van der Waals surface area contributed by atoms with Crippen molar-refractivity contribution < 1.29 is 4.79 Å². The molecule has 2 aromatic rings. The lowest BCUT2D eigenvalue weighted by molar-refractivity contribution is -0.116. The van der Waals surface area contributed by atoms with Gasteiger partial charge in [0.05, 0.1) is 10.2 Å². The molecule has 20 heavy (non-hydrogen) atoms. The number of rotatable bonds is 4. The summed E-state index contributed by atoms with van der Waals surface area (Å²) in [5.41, 5.74) is 0.947. The van der Waals surface area contributed by atoms with Gasteiger partial charge in [0.25, 0.3) is 0 Å². The summed E-state index contributed by atoms with van der Waals surface area (Å²) >= 11 is 1.53. The number of halogens is 1. The lowest BCUT2D eigenvalue weighted by Crippen LogP contribution is -2.14. The summed E-state index contributed by atoms with van der Waals surface area (Å²) < 4.78 is 1.11. The second-order valence-electron chi connectivity index (χ2n) is 4.93. The van der Waals surface area contributed by atoms with Gasteiger partial charge < -0.3 is 10.6 Å². The Bertz CT molecular complexity index is 548. The average Bonchev–Trinajstić information content (AvgIpc) is 3.04. The molecule has 1 saturated heterocycles. The van der Waals surface area contributed by atoms with E-state index in [-0.39, 0.29) is 18.3 Å². The Kier molecular flexibility index (Phi) is 5.34. The molecule has 2 heterocycles. The SMILES string of the molecule is Cl.O=C(CCC1CCNC1)Nc1nc2ccccc2s1.